The summed E-state index contributed by atoms with van der Waals surface area (Å²) in [5.41, 5.74) is 0. The van der Waals surface area contributed by atoms with E-state index in [2.05, 4.69) is 25.7 Å². The van der Waals surface area contributed by atoms with Crippen molar-refractivity contribution in [3.05, 3.63) is 24.4 Å². The quantitative estimate of drug-likeness (QED) is 0.591. The summed E-state index contributed by atoms with van der Waals surface area (Å²) in [6, 6.07) is 0.112. The van der Waals surface area contributed by atoms with Gasteiger partial charge < -0.3 is 9.88 Å². The van der Waals surface area contributed by atoms with Crippen LogP contribution in [0.4, 0.5) is 0 Å². The molecule has 2 aromatic heterocycles. The standard InChI is InChI=1S/C12H18N6OS/c1-9(18-5-3-13-10(18)2)7-11(19)14-4-6-20-12-8-15-17-16-12/h3,5,8-9H,4,6-7H2,1-2H3,(H,14,19)(H,15,16,17)/t9-/m1/s1. The first-order valence-electron chi connectivity index (χ1n) is 6.41. The molecule has 20 heavy (non-hydrogen) atoms. The molecule has 0 saturated heterocycles. The molecule has 0 aliphatic carbocycles. The van der Waals surface area contributed by atoms with Crippen molar-refractivity contribution in [3.8, 4) is 0 Å². The second-order valence-electron chi connectivity index (χ2n) is 4.44. The van der Waals surface area contributed by atoms with Gasteiger partial charge in [-0.2, -0.15) is 10.3 Å². The van der Waals surface area contributed by atoms with E-state index in [-0.39, 0.29) is 11.9 Å². The maximum atomic E-state index is 11.8. The highest BCUT2D eigenvalue weighted by molar-refractivity contribution is 7.99. The van der Waals surface area contributed by atoms with Gasteiger partial charge >= 0.3 is 0 Å². The van der Waals surface area contributed by atoms with E-state index in [0.717, 1.165) is 16.6 Å². The Balaban J connectivity index is 1.66. The van der Waals surface area contributed by atoms with Gasteiger partial charge in [0.2, 0.25) is 5.91 Å². The van der Waals surface area contributed by atoms with Gasteiger partial charge in [0, 0.05) is 37.2 Å². The zero-order valence-electron chi connectivity index (χ0n) is 11.5. The van der Waals surface area contributed by atoms with Gasteiger partial charge in [0.15, 0.2) is 0 Å². The Bertz CT molecular complexity index is 538. The van der Waals surface area contributed by atoms with Crippen LogP contribution in [0.25, 0.3) is 0 Å². The number of H-pyrrole nitrogens is 1. The summed E-state index contributed by atoms with van der Waals surface area (Å²) < 4.78 is 2.00. The Morgan fingerprint density at radius 2 is 2.45 bits per heavy atom. The van der Waals surface area contributed by atoms with Gasteiger partial charge in [-0.1, -0.05) is 0 Å². The molecule has 0 saturated carbocycles. The maximum Gasteiger partial charge on any atom is 0.222 e. The SMILES string of the molecule is Cc1nccn1[C@H](C)CC(=O)NCCSc1cn[nH]n1. The van der Waals surface area contributed by atoms with Crippen molar-refractivity contribution in [2.45, 2.75) is 31.3 Å². The van der Waals surface area contributed by atoms with Crippen molar-refractivity contribution >= 4 is 17.7 Å². The van der Waals surface area contributed by atoms with Crippen LogP contribution in [0.2, 0.25) is 0 Å². The van der Waals surface area contributed by atoms with E-state index in [0.29, 0.717) is 13.0 Å². The number of carbonyl (C=O) groups excluding carboxylic acids is 1. The molecule has 0 radical (unpaired) electrons. The summed E-state index contributed by atoms with van der Waals surface area (Å²) in [5.74, 6) is 1.75. The van der Waals surface area contributed by atoms with Crippen LogP contribution >= 0.6 is 11.8 Å². The van der Waals surface area contributed by atoms with E-state index in [1.54, 1.807) is 24.2 Å². The molecular formula is C12H18N6OS. The zero-order chi connectivity index (χ0) is 14.4. The van der Waals surface area contributed by atoms with Gasteiger partial charge in [-0.3, -0.25) is 4.79 Å². The van der Waals surface area contributed by atoms with Gasteiger partial charge in [0.05, 0.1) is 6.20 Å². The molecule has 0 bridgehead atoms. The van der Waals surface area contributed by atoms with Crippen molar-refractivity contribution in [1.29, 1.82) is 0 Å². The number of amides is 1. The van der Waals surface area contributed by atoms with Crippen LogP contribution in [0, 0.1) is 6.92 Å². The second kappa shape index (κ2) is 7.09. The molecule has 1 atom stereocenters. The summed E-state index contributed by atoms with van der Waals surface area (Å²) in [4.78, 5) is 16.0. The summed E-state index contributed by atoms with van der Waals surface area (Å²) >= 11 is 1.55. The number of aryl methyl sites for hydroxylation is 1. The lowest BCUT2D eigenvalue weighted by Gasteiger charge is -2.14. The lowest BCUT2D eigenvalue weighted by atomic mass is 10.2. The van der Waals surface area contributed by atoms with Crippen LogP contribution in [0.1, 0.15) is 25.2 Å². The minimum atomic E-state index is 0.0475. The highest BCUT2D eigenvalue weighted by Gasteiger charge is 2.11. The third-order valence-corrected chi connectivity index (χ3v) is 3.79. The molecule has 2 heterocycles. The number of aromatic amines is 1. The predicted molar refractivity (Wildman–Crippen MR) is 76.4 cm³/mol. The van der Waals surface area contributed by atoms with Crippen LogP contribution in [0.15, 0.2) is 23.6 Å². The Morgan fingerprint density at radius 1 is 1.60 bits per heavy atom. The molecule has 2 aromatic rings. The number of rotatable bonds is 7. The number of thioether (sulfide) groups is 1. The van der Waals surface area contributed by atoms with E-state index in [4.69, 9.17) is 0 Å². The molecule has 0 aliphatic heterocycles. The summed E-state index contributed by atoms with van der Waals surface area (Å²) in [6.07, 6.45) is 5.76. The average Bonchev–Trinajstić information content (AvgIpc) is 3.05. The number of hydrogen-bond acceptors (Lipinski definition) is 5. The van der Waals surface area contributed by atoms with Crippen molar-refractivity contribution in [1.82, 2.24) is 30.3 Å². The highest BCUT2D eigenvalue weighted by Crippen LogP contribution is 2.13. The molecule has 2 rings (SSSR count). The Hall–Kier alpha value is -1.83. The molecular weight excluding hydrogens is 276 g/mol. The van der Waals surface area contributed by atoms with Gasteiger partial charge in [-0.05, 0) is 13.8 Å². The maximum absolute atomic E-state index is 11.8. The molecule has 0 aromatic carbocycles. The number of imidazole rings is 1. The van der Waals surface area contributed by atoms with E-state index >= 15 is 0 Å². The molecule has 7 nitrogen and oxygen atoms in total. The normalized spacial score (nSPS) is 12.3. The van der Waals surface area contributed by atoms with Crippen LogP contribution in [0.3, 0.4) is 0 Å². The first-order valence-corrected chi connectivity index (χ1v) is 7.40. The molecule has 0 aliphatic rings. The van der Waals surface area contributed by atoms with Crippen LogP contribution < -0.4 is 5.32 Å². The Labute approximate surface area is 121 Å². The Kier molecular flexibility index (Phi) is 5.16. The van der Waals surface area contributed by atoms with Gasteiger partial charge in [-0.25, -0.2) is 4.98 Å². The van der Waals surface area contributed by atoms with Crippen molar-refractivity contribution < 1.29 is 4.79 Å². The van der Waals surface area contributed by atoms with E-state index in [1.807, 2.05) is 24.6 Å². The zero-order valence-corrected chi connectivity index (χ0v) is 12.4. The molecule has 1 amide bonds. The van der Waals surface area contributed by atoms with Crippen molar-refractivity contribution in [2.24, 2.45) is 0 Å². The molecule has 2 N–H and O–H groups in total. The fourth-order valence-electron chi connectivity index (χ4n) is 1.90. The third kappa shape index (κ3) is 4.09. The van der Waals surface area contributed by atoms with Crippen LogP contribution in [0.5, 0.6) is 0 Å². The lowest BCUT2D eigenvalue weighted by molar-refractivity contribution is -0.121. The van der Waals surface area contributed by atoms with Crippen LogP contribution in [-0.4, -0.2) is 43.2 Å². The van der Waals surface area contributed by atoms with Crippen LogP contribution in [-0.2, 0) is 4.79 Å². The third-order valence-electron chi connectivity index (χ3n) is 2.89. The lowest BCUT2D eigenvalue weighted by Crippen LogP contribution is -2.28. The molecule has 108 valence electrons. The highest BCUT2D eigenvalue weighted by atomic mass is 32.2. The van der Waals surface area contributed by atoms with Gasteiger partial charge in [0.1, 0.15) is 10.9 Å². The number of hydrogen-bond donors (Lipinski definition) is 2. The number of aromatic nitrogens is 5. The topological polar surface area (TPSA) is 88.5 Å². The second-order valence-corrected chi connectivity index (χ2v) is 5.56. The summed E-state index contributed by atoms with van der Waals surface area (Å²) in [7, 11) is 0. The van der Waals surface area contributed by atoms with E-state index in [9.17, 15) is 4.79 Å². The molecule has 8 heteroatoms. The fraction of sp³-hybridized carbons (Fsp3) is 0.500. The van der Waals surface area contributed by atoms with Gasteiger partial charge in [0.25, 0.3) is 0 Å². The molecule has 0 unspecified atom stereocenters. The summed E-state index contributed by atoms with van der Waals surface area (Å²) in [5, 5.41) is 13.9. The number of carbonyl (C=O) groups is 1. The smallest absolute Gasteiger partial charge is 0.222 e. The number of nitrogens with one attached hydrogen (secondary N) is 2. The first kappa shape index (κ1) is 14.6. The predicted octanol–water partition coefficient (Wildman–Crippen LogP) is 1.17. The van der Waals surface area contributed by atoms with Crippen molar-refractivity contribution in [3.63, 3.8) is 0 Å². The van der Waals surface area contributed by atoms with E-state index in [1.165, 1.54) is 0 Å². The Morgan fingerprint density at radius 3 is 3.10 bits per heavy atom. The fourth-order valence-corrected chi connectivity index (χ4v) is 2.54. The minimum Gasteiger partial charge on any atom is -0.355 e. The minimum absolute atomic E-state index is 0.0475. The number of nitrogens with zero attached hydrogens (tertiary/aromatic N) is 4. The summed E-state index contributed by atoms with van der Waals surface area (Å²) in [6.45, 7) is 4.56. The van der Waals surface area contributed by atoms with Crippen molar-refractivity contribution in [2.75, 3.05) is 12.3 Å². The monoisotopic (exact) mass is 294 g/mol. The van der Waals surface area contributed by atoms with E-state index < -0.39 is 0 Å². The first-order chi connectivity index (χ1) is 9.66. The largest absolute Gasteiger partial charge is 0.355 e. The molecule has 0 spiro atoms. The van der Waals surface area contributed by atoms with Gasteiger partial charge in [-0.15, -0.1) is 16.9 Å². The molecule has 0 fully saturated rings. The average molecular weight is 294 g/mol.